The maximum Gasteiger partial charge on any atom is 0.203 e. The second-order valence-electron chi connectivity index (χ2n) is 4.60. The molecule has 1 aliphatic carbocycles. The minimum absolute atomic E-state index is 0.585. The van der Waals surface area contributed by atoms with Crippen LogP contribution in [0.1, 0.15) is 29.0 Å². The molecule has 0 unspecified atom stereocenters. The molecule has 0 amide bonds. The molecule has 0 radical (unpaired) electrons. The molecule has 1 N–H and O–H groups in total. The van der Waals surface area contributed by atoms with Crippen molar-refractivity contribution in [3.05, 3.63) is 44.4 Å². The largest absolute Gasteiger partial charge is 0.253 e. The zero-order valence-corrected chi connectivity index (χ0v) is 13.0. The molecule has 20 heavy (non-hydrogen) atoms. The maximum absolute atomic E-state index is 6.08. The summed E-state index contributed by atoms with van der Waals surface area (Å²) < 4.78 is 0. The lowest BCUT2D eigenvalue weighted by molar-refractivity contribution is 0.682. The minimum atomic E-state index is 0.585. The smallest absolute Gasteiger partial charge is 0.203 e. The van der Waals surface area contributed by atoms with Crippen molar-refractivity contribution in [2.45, 2.75) is 25.7 Å². The highest BCUT2D eigenvalue weighted by Gasteiger charge is 2.14. The Kier molecular flexibility index (Phi) is 4.24. The third kappa shape index (κ3) is 2.97. The second kappa shape index (κ2) is 6.12. The number of anilines is 1. The lowest BCUT2D eigenvalue weighted by atomic mass is 10.0. The molecule has 1 aliphatic rings. The summed E-state index contributed by atoms with van der Waals surface area (Å²) in [6.07, 6.45) is 6.33. The van der Waals surface area contributed by atoms with Gasteiger partial charge in [-0.1, -0.05) is 29.3 Å². The van der Waals surface area contributed by atoms with Gasteiger partial charge in [0.05, 0.1) is 22.0 Å². The van der Waals surface area contributed by atoms with Gasteiger partial charge in [0.2, 0.25) is 5.13 Å². The monoisotopic (exact) mass is 325 g/mol. The third-order valence-electron chi connectivity index (χ3n) is 3.20. The molecule has 104 valence electrons. The van der Waals surface area contributed by atoms with Crippen LogP contribution in [0.5, 0.6) is 0 Å². The van der Waals surface area contributed by atoms with E-state index in [9.17, 15) is 0 Å². The Bertz CT molecular complexity index is 608. The number of aromatic nitrogens is 1. The van der Waals surface area contributed by atoms with Gasteiger partial charge in [-0.05, 0) is 37.8 Å². The zero-order valence-electron chi connectivity index (χ0n) is 10.7. The van der Waals surface area contributed by atoms with Crippen molar-refractivity contribution in [1.29, 1.82) is 0 Å². The Morgan fingerprint density at radius 1 is 1.20 bits per heavy atom. The molecule has 0 bridgehead atoms. The molecule has 3 nitrogen and oxygen atoms in total. The van der Waals surface area contributed by atoms with E-state index in [-0.39, 0.29) is 0 Å². The highest BCUT2D eigenvalue weighted by atomic mass is 35.5. The Labute approximate surface area is 131 Å². The number of fused-ring (bicyclic) bond motifs is 1. The van der Waals surface area contributed by atoms with Gasteiger partial charge in [-0.2, -0.15) is 5.10 Å². The van der Waals surface area contributed by atoms with Gasteiger partial charge in [0.1, 0.15) is 0 Å². The molecule has 0 saturated heterocycles. The summed E-state index contributed by atoms with van der Waals surface area (Å²) in [7, 11) is 0. The molecule has 0 spiro atoms. The average molecular weight is 326 g/mol. The quantitative estimate of drug-likeness (QED) is 0.651. The molecule has 2 aromatic rings. The van der Waals surface area contributed by atoms with Crippen molar-refractivity contribution < 1.29 is 0 Å². The number of aryl methyl sites for hydroxylation is 2. The van der Waals surface area contributed by atoms with Gasteiger partial charge in [-0.25, -0.2) is 4.98 Å². The van der Waals surface area contributed by atoms with E-state index in [4.69, 9.17) is 23.2 Å². The SMILES string of the molecule is Clc1cccc(Cl)c1C=NNc1nc2c(s1)CCCC2. The molecular weight excluding hydrogens is 313 g/mol. The van der Waals surface area contributed by atoms with Crippen LogP contribution in [0.25, 0.3) is 0 Å². The summed E-state index contributed by atoms with van der Waals surface area (Å²) >= 11 is 13.8. The Hall–Kier alpha value is -1.10. The second-order valence-corrected chi connectivity index (χ2v) is 6.50. The predicted octanol–water partition coefficient (Wildman–Crippen LogP) is 4.77. The first-order chi connectivity index (χ1) is 9.74. The van der Waals surface area contributed by atoms with Crippen LogP contribution in [0.4, 0.5) is 5.13 Å². The topological polar surface area (TPSA) is 37.3 Å². The number of hydrazone groups is 1. The molecule has 3 rings (SSSR count). The lowest BCUT2D eigenvalue weighted by Crippen LogP contribution is -1.99. The van der Waals surface area contributed by atoms with Crippen LogP contribution in [-0.4, -0.2) is 11.2 Å². The number of hydrogen-bond acceptors (Lipinski definition) is 4. The van der Waals surface area contributed by atoms with Crippen LogP contribution in [0.15, 0.2) is 23.3 Å². The van der Waals surface area contributed by atoms with Crippen LogP contribution in [0.3, 0.4) is 0 Å². The van der Waals surface area contributed by atoms with Gasteiger partial charge < -0.3 is 0 Å². The van der Waals surface area contributed by atoms with Crippen molar-refractivity contribution in [3.63, 3.8) is 0 Å². The molecule has 0 fully saturated rings. The molecular formula is C14H13Cl2N3S. The van der Waals surface area contributed by atoms with Crippen LogP contribution < -0.4 is 5.43 Å². The van der Waals surface area contributed by atoms with Gasteiger partial charge in [-0.15, -0.1) is 11.3 Å². The first kappa shape index (κ1) is 13.9. The first-order valence-electron chi connectivity index (χ1n) is 6.46. The summed E-state index contributed by atoms with van der Waals surface area (Å²) in [5.41, 5.74) is 4.89. The van der Waals surface area contributed by atoms with Crippen molar-refractivity contribution in [2.75, 3.05) is 5.43 Å². The highest BCUT2D eigenvalue weighted by molar-refractivity contribution is 7.15. The van der Waals surface area contributed by atoms with E-state index >= 15 is 0 Å². The fourth-order valence-corrected chi connectivity index (χ4v) is 3.68. The number of benzene rings is 1. The molecule has 1 aromatic heterocycles. The molecule has 6 heteroatoms. The zero-order chi connectivity index (χ0) is 13.9. The van der Waals surface area contributed by atoms with Gasteiger partial charge in [0.15, 0.2) is 0 Å². The fourth-order valence-electron chi connectivity index (χ4n) is 2.19. The normalized spacial score (nSPS) is 14.5. The number of nitrogens with zero attached hydrogens (tertiary/aromatic N) is 2. The molecule has 1 heterocycles. The van der Waals surface area contributed by atoms with Crippen LogP contribution in [0, 0.1) is 0 Å². The fraction of sp³-hybridized carbons (Fsp3) is 0.286. The van der Waals surface area contributed by atoms with E-state index in [1.54, 1.807) is 29.7 Å². The van der Waals surface area contributed by atoms with E-state index in [1.165, 1.54) is 23.4 Å². The summed E-state index contributed by atoms with van der Waals surface area (Å²) in [5.74, 6) is 0. The minimum Gasteiger partial charge on any atom is -0.253 e. The van der Waals surface area contributed by atoms with Crippen molar-refractivity contribution in [2.24, 2.45) is 5.10 Å². The molecule has 0 aliphatic heterocycles. The maximum atomic E-state index is 6.08. The van der Waals surface area contributed by atoms with E-state index in [1.807, 2.05) is 6.07 Å². The van der Waals surface area contributed by atoms with Crippen molar-refractivity contribution in [3.8, 4) is 0 Å². The van der Waals surface area contributed by atoms with Crippen molar-refractivity contribution >= 4 is 45.9 Å². The third-order valence-corrected chi connectivity index (χ3v) is 4.92. The highest BCUT2D eigenvalue weighted by Crippen LogP contribution is 2.29. The first-order valence-corrected chi connectivity index (χ1v) is 8.03. The summed E-state index contributed by atoms with van der Waals surface area (Å²) in [6.45, 7) is 0. The standard InChI is InChI=1S/C14H13Cl2N3S/c15-10-4-3-5-11(16)9(10)8-17-19-14-18-12-6-1-2-7-13(12)20-14/h3-5,8H,1-2,6-7H2,(H,18,19). The predicted molar refractivity (Wildman–Crippen MR) is 86.4 cm³/mol. The molecule has 1 aromatic carbocycles. The summed E-state index contributed by atoms with van der Waals surface area (Å²) in [4.78, 5) is 5.93. The van der Waals surface area contributed by atoms with E-state index < -0.39 is 0 Å². The summed E-state index contributed by atoms with van der Waals surface area (Å²) in [5, 5.41) is 6.18. The lowest BCUT2D eigenvalue weighted by Gasteiger charge is -2.06. The van der Waals surface area contributed by atoms with Crippen LogP contribution in [-0.2, 0) is 12.8 Å². The van der Waals surface area contributed by atoms with Crippen LogP contribution >= 0.6 is 34.5 Å². The van der Waals surface area contributed by atoms with E-state index in [0.717, 1.165) is 18.0 Å². The van der Waals surface area contributed by atoms with Crippen LogP contribution in [0.2, 0.25) is 10.0 Å². The van der Waals surface area contributed by atoms with Gasteiger partial charge >= 0.3 is 0 Å². The Balaban J connectivity index is 1.73. The number of nitrogens with one attached hydrogen (secondary N) is 1. The van der Waals surface area contributed by atoms with Gasteiger partial charge in [-0.3, -0.25) is 5.43 Å². The summed E-state index contributed by atoms with van der Waals surface area (Å²) in [6, 6.07) is 5.39. The number of hydrogen-bond donors (Lipinski definition) is 1. The van der Waals surface area contributed by atoms with E-state index in [2.05, 4.69) is 15.5 Å². The molecule has 0 atom stereocenters. The Morgan fingerprint density at radius 3 is 2.70 bits per heavy atom. The number of rotatable bonds is 3. The van der Waals surface area contributed by atoms with Gasteiger partial charge in [0.25, 0.3) is 0 Å². The van der Waals surface area contributed by atoms with Crippen molar-refractivity contribution in [1.82, 2.24) is 4.98 Å². The molecule has 0 saturated carbocycles. The average Bonchev–Trinajstić information content (AvgIpc) is 2.84. The number of thiazole rings is 1. The van der Waals surface area contributed by atoms with E-state index in [0.29, 0.717) is 15.6 Å². The Morgan fingerprint density at radius 2 is 1.95 bits per heavy atom. The van der Waals surface area contributed by atoms with Gasteiger partial charge in [0, 0.05) is 10.4 Å². The number of halogens is 2.